The number of thioether (sulfide) groups is 1. The number of non-ortho nitro benzene ring substituents is 1. The Bertz CT molecular complexity index is 567. The summed E-state index contributed by atoms with van der Waals surface area (Å²) in [6.07, 6.45) is 2.11. The van der Waals surface area contributed by atoms with Crippen LogP contribution in [-0.2, 0) is 4.79 Å². The first-order valence-electron chi connectivity index (χ1n) is 5.82. The van der Waals surface area contributed by atoms with Crippen molar-refractivity contribution in [1.82, 2.24) is 5.32 Å². The van der Waals surface area contributed by atoms with E-state index in [0.29, 0.717) is 10.2 Å². The molecule has 1 rings (SSSR count). The Hall–Kier alpha value is -1.61. The zero-order chi connectivity index (χ0) is 16.0. The van der Waals surface area contributed by atoms with Crippen molar-refractivity contribution in [3.8, 4) is 0 Å². The van der Waals surface area contributed by atoms with E-state index >= 15 is 0 Å². The molecule has 2 N–H and O–H groups in total. The summed E-state index contributed by atoms with van der Waals surface area (Å²) in [6.45, 7) is 0. The van der Waals surface area contributed by atoms with Crippen molar-refractivity contribution < 1.29 is 19.6 Å². The van der Waals surface area contributed by atoms with E-state index in [0.717, 1.165) is 6.07 Å². The van der Waals surface area contributed by atoms with Gasteiger partial charge in [0.25, 0.3) is 11.6 Å². The normalized spacial score (nSPS) is 11.7. The maximum absolute atomic E-state index is 12.0. The Balaban J connectivity index is 2.92. The Morgan fingerprint density at radius 1 is 1.48 bits per heavy atom. The molecule has 0 aliphatic heterocycles. The Morgan fingerprint density at radius 3 is 2.67 bits per heavy atom. The van der Waals surface area contributed by atoms with Crippen LogP contribution in [0.4, 0.5) is 5.69 Å². The first-order chi connectivity index (χ1) is 9.85. The van der Waals surface area contributed by atoms with Crippen LogP contribution in [0.3, 0.4) is 0 Å². The number of aliphatic carboxylic acids is 1. The van der Waals surface area contributed by atoms with E-state index in [9.17, 15) is 19.7 Å². The summed E-state index contributed by atoms with van der Waals surface area (Å²) in [6, 6.07) is 2.74. The molecule has 0 bridgehead atoms. The summed E-state index contributed by atoms with van der Waals surface area (Å²) in [5, 5.41) is 22.2. The van der Waals surface area contributed by atoms with Gasteiger partial charge in [-0.2, -0.15) is 11.8 Å². The lowest BCUT2D eigenvalue weighted by molar-refractivity contribution is -0.385. The number of hydrogen-bond acceptors (Lipinski definition) is 5. The molecule has 7 nitrogen and oxygen atoms in total. The highest BCUT2D eigenvalue weighted by molar-refractivity contribution is 9.10. The molecule has 114 valence electrons. The van der Waals surface area contributed by atoms with Gasteiger partial charge in [0.2, 0.25) is 0 Å². The number of nitrogens with zero attached hydrogens (tertiary/aromatic N) is 1. The van der Waals surface area contributed by atoms with Gasteiger partial charge in [0.15, 0.2) is 0 Å². The highest BCUT2D eigenvalue weighted by atomic mass is 79.9. The Morgan fingerprint density at radius 2 is 2.14 bits per heavy atom. The van der Waals surface area contributed by atoms with Crippen molar-refractivity contribution in [2.24, 2.45) is 0 Å². The predicted octanol–water partition coefficient (Wildman–Crippen LogP) is 2.29. The van der Waals surface area contributed by atoms with E-state index in [2.05, 4.69) is 21.2 Å². The number of hydrogen-bond donors (Lipinski definition) is 2. The molecule has 0 aliphatic rings. The molecular formula is C12H13BrN2O5S. The average molecular weight is 377 g/mol. The lowest BCUT2D eigenvalue weighted by Crippen LogP contribution is -2.41. The second-order valence-electron chi connectivity index (χ2n) is 4.10. The number of amides is 1. The minimum absolute atomic E-state index is 0.0338. The standard InChI is InChI=1S/C12H13BrN2O5S/c1-21-3-2-10(12(17)18)14-11(16)7-4-8(13)6-9(5-7)15(19)20/h4-6,10H,2-3H2,1H3,(H,14,16)(H,17,18)/t10-/m0/s1. The van der Waals surface area contributed by atoms with Gasteiger partial charge in [-0.3, -0.25) is 14.9 Å². The molecule has 1 amide bonds. The molecule has 9 heteroatoms. The molecule has 0 saturated heterocycles. The molecule has 1 atom stereocenters. The number of nitro groups is 1. The minimum Gasteiger partial charge on any atom is -0.480 e. The lowest BCUT2D eigenvalue weighted by atomic mass is 10.1. The first kappa shape index (κ1) is 17.4. The maximum atomic E-state index is 12.0. The van der Waals surface area contributed by atoms with Crippen molar-refractivity contribution in [1.29, 1.82) is 0 Å². The molecule has 0 radical (unpaired) electrons. The fourth-order valence-electron chi connectivity index (χ4n) is 1.55. The van der Waals surface area contributed by atoms with Gasteiger partial charge in [-0.05, 0) is 24.5 Å². The van der Waals surface area contributed by atoms with Crippen LogP contribution in [-0.4, -0.2) is 40.0 Å². The third-order valence-corrected chi connectivity index (χ3v) is 3.67. The van der Waals surface area contributed by atoms with Gasteiger partial charge in [0.05, 0.1) is 4.92 Å². The van der Waals surface area contributed by atoms with Gasteiger partial charge in [0, 0.05) is 22.2 Å². The molecule has 0 aliphatic carbocycles. The van der Waals surface area contributed by atoms with Crippen LogP contribution in [0, 0.1) is 10.1 Å². The number of rotatable bonds is 7. The molecule has 0 aromatic heterocycles. The third-order valence-electron chi connectivity index (χ3n) is 2.57. The molecule has 21 heavy (non-hydrogen) atoms. The zero-order valence-electron chi connectivity index (χ0n) is 11.0. The highest BCUT2D eigenvalue weighted by Gasteiger charge is 2.21. The molecule has 0 unspecified atom stereocenters. The molecule has 0 saturated carbocycles. The summed E-state index contributed by atoms with van der Waals surface area (Å²) in [4.78, 5) is 33.2. The zero-order valence-corrected chi connectivity index (χ0v) is 13.4. The topological polar surface area (TPSA) is 110 Å². The summed E-state index contributed by atoms with van der Waals surface area (Å²) in [5.74, 6) is -1.22. The molecule has 0 fully saturated rings. The summed E-state index contributed by atoms with van der Waals surface area (Å²) < 4.78 is 0.373. The second-order valence-corrected chi connectivity index (χ2v) is 6.00. The highest BCUT2D eigenvalue weighted by Crippen LogP contribution is 2.21. The number of carboxylic acid groups (broad SMARTS) is 1. The molecule has 0 spiro atoms. The lowest BCUT2D eigenvalue weighted by Gasteiger charge is -2.14. The van der Waals surface area contributed by atoms with E-state index in [1.807, 2.05) is 6.26 Å². The van der Waals surface area contributed by atoms with Gasteiger partial charge in [-0.25, -0.2) is 4.79 Å². The number of carbonyl (C=O) groups is 2. The van der Waals surface area contributed by atoms with Crippen molar-refractivity contribution in [3.05, 3.63) is 38.3 Å². The summed E-state index contributed by atoms with van der Waals surface area (Å²) in [7, 11) is 0. The van der Waals surface area contributed by atoms with Crippen molar-refractivity contribution >= 4 is 45.3 Å². The molecular weight excluding hydrogens is 364 g/mol. The van der Waals surface area contributed by atoms with Gasteiger partial charge < -0.3 is 10.4 Å². The van der Waals surface area contributed by atoms with E-state index in [-0.39, 0.29) is 17.7 Å². The van der Waals surface area contributed by atoms with Crippen LogP contribution in [0.15, 0.2) is 22.7 Å². The van der Waals surface area contributed by atoms with E-state index in [1.54, 1.807) is 0 Å². The van der Waals surface area contributed by atoms with Gasteiger partial charge in [-0.1, -0.05) is 15.9 Å². The summed E-state index contributed by atoms with van der Waals surface area (Å²) >= 11 is 4.55. The van der Waals surface area contributed by atoms with Crippen molar-refractivity contribution in [3.63, 3.8) is 0 Å². The summed E-state index contributed by atoms with van der Waals surface area (Å²) in [5.41, 5.74) is -0.211. The quantitative estimate of drug-likeness (QED) is 0.557. The number of halogens is 1. The number of nitrogens with one attached hydrogen (secondary N) is 1. The van der Waals surface area contributed by atoms with Crippen LogP contribution in [0.1, 0.15) is 16.8 Å². The van der Waals surface area contributed by atoms with E-state index in [4.69, 9.17) is 5.11 Å². The maximum Gasteiger partial charge on any atom is 0.326 e. The molecule has 0 heterocycles. The van der Waals surface area contributed by atoms with Crippen LogP contribution in [0.25, 0.3) is 0 Å². The van der Waals surface area contributed by atoms with Gasteiger partial charge in [0.1, 0.15) is 6.04 Å². The minimum atomic E-state index is -1.14. The number of nitro benzene ring substituents is 1. The number of benzene rings is 1. The fraction of sp³-hybridized carbons (Fsp3) is 0.333. The number of carboxylic acids is 1. The Kier molecular flexibility index (Phi) is 6.63. The SMILES string of the molecule is CSCC[C@H](NC(=O)c1cc(Br)cc([N+](=O)[O-])c1)C(=O)O. The largest absolute Gasteiger partial charge is 0.480 e. The fourth-order valence-corrected chi connectivity index (χ4v) is 2.50. The van der Waals surface area contributed by atoms with Crippen molar-refractivity contribution in [2.45, 2.75) is 12.5 Å². The van der Waals surface area contributed by atoms with Gasteiger partial charge in [-0.15, -0.1) is 0 Å². The van der Waals surface area contributed by atoms with E-state index < -0.39 is 22.8 Å². The van der Waals surface area contributed by atoms with Crippen LogP contribution in [0.5, 0.6) is 0 Å². The third kappa shape index (κ3) is 5.35. The second kappa shape index (κ2) is 7.99. The Labute approximate surface area is 133 Å². The average Bonchev–Trinajstić information content (AvgIpc) is 2.42. The van der Waals surface area contributed by atoms with E-state index in [1.165, 1.54) is 23.9 Å². The smallest absolute Gasteiger partial charge is 0.326 e. The van der Waals surface area contributed by atoms with Crippen LogP contribution >= 0.6 is 27.7 Å². The first-order valence-corrected chi connectivity index (χ1v) is 8.01. The monoisotopic (exact) mass is 376 g/mol. The molecule has 1 aromatic carbocycles. The van der Waals surface area contributed by atoms with Crippen molar-refractivity contribution in [2.75, 3.05) is 12.0 Å². The predicted molar refractivity (Wildman–Crippen MR) is 82.7 cm³/mol. The van der Waals surface area contributed by atoms with Gasteiger partial charge >= 0.3 is 5.97 Å². The van der Waals surface area contributed by atoms with Crippen LogP contribution < -0.4 is 5.32 Å². The number of carbonyl (C=O) groups excluding carboxylic acids is 1. The molecule has 1 aromatic rings. The van der Waals surface area contributed by atoms with Crippen LogP contribution in [0.2, 0.25) is 0 Å².